The van der Waals surface area contributed by atoms with E-state index in [1.54, 1.807) is 0 Å². The molecule has 3 heteroatoms. The molecule has 0 spiro atoms. The molecule has 2 fully saturated rings. The lowest BCUT2D eigenvalue weighted by atomic mass is 9.87. The van der Waals surface area contributed by atoms with Crippen LogP contribution in [0.15, 0.2) is 0 Å². The van der Waals surface area contributed by atoms with Crippen molar-refractivity contribution in [2.24, 2.45) is 5.92 Å². The molecule has 0 amide bonds. The number of ether oxygens (including phenoxy) is 2. The van der Waals surface area contributed by atoms with Crippen molar-refractivity contribution in [2.75, 3.05) is 26.4 Å². The molecule has 2 aliphatic rings. The molecule has 0 aromatic heterocycles. The Kier molecular flexibility index (Phi) is 5.07. The van der Waals surface area contributed by atoms with Crippen LogP contribution in [-0.2, 0) is 9.47 Å². The van der Waals surface area contributed by atoms with E-state index in [1.165, 1.54) is 32.1 Å². The topological polar surface area (TPSA) is 30.5 Å². The second-order valence-corrected chi connectivity index (χ2v) is 4.98. The zero-order chi connectivity index (χ0) is 11.2. The van der Waals surface area contributed by atoms with Gasteiger partial charge in [-0.05, 0) is 44.6 Å². The molecule has 0 saturated carbocycles. The van der Waals surface area contributed by atoms with Crippen molar-refractivity contribution in [1.82, 2.24) is 5.32 Å². The molecule has 2 atom stereocenters. The molecule has 16 heavy (non-hydrogen) atoms. The van der Waals surface area contributed by atoms with Gasteiger partial charge in [0.2, 0.25) is 0 Å². The third kappa shape index (κ3) is 3.19. The van der Waals surface area contributed by atoms with Gasteiger partial charge >= 0.3 is 0 Å². The summed E-state index contributed by atoms with van der Waals surface area (Å²) < 4.78 is 11.3. The van der Waals surface area contributed by atoms with Gasteiger partial charge in [0.05, 0.1) is 6.10 Å². The van der Waals surface area contributed by atoms with Crippen molar-refractivity contribution >= 4 is 0 Å². The summed E-state index contributed by atoms with van der Waals surface area (Å²) in [7, 11) is 0. The number of nitrogens with one attached hydrogen (secondary N) is 1. The predicted molar refractivity (Wildman–Crippen MR) is 64.6 cm³/mol. The molecule has 3 nitrogen and oxygen atoms in total. The van der Waals surface area contributed by atoms with Crippen LogP contribution >= 0.6 is 0 Å². The van der Waals surface area contributed by atoms with Crippen molar-refractivity contribution in [3.8, 4) is 0 Å². The molecule has 0 aliphatic carbocycles. The van der Waals surface area contributed by atoms with Crippen molar-refractivity contribution in [3.63, 3.8) is 0 Å². The molecule has 0 aromatic carbocycles. The SMILES string of the molecule is CCCNC(C1CCOCC1)C1CCCO1. The summed E-state index contributed by atoms with van der Waals surface area (Å²) in [5.41, 5.74) is 0. The van der Waals surface area contributed by atoms with Gasteiger partial charge in [-0.1, -0.05) is 6.92 Å². The van der Waals surface area contributed by atoms with Crippen molar-refractivity contribution < 1.29 is 9.47 Å². The maximum Gasteiger partial charge on any atom is 0.0731 e. The van der Waals surface area contributed by atoms with Gasteiger partial charge in [-0.25, -0.2) is 0 Å². The molecule has 2 saturated heterocycles. The highest BCUT2D eigenvalue weighted by molar-refractivity contribution is 4.87. The van der Waals surface area contributed by atoms with Crippen LogP contribution in [-0.4, -0.2) is 38.5 Å². The fourth-order valence-electron chi connectivity index (χ4n) is 2.87. The first kappa shape index (κ1) is 12.3. The third-order valence-corrected chi connectivity index (χ3v) is 3.77. The average molecular weight is 227 g/mol. The quantitative estimate of drug-likeness (QED) is 0.779. The van der Waals surface area contributed by atoms with Crippen molar-refractivity contribution in [1.29, 1.82) is 0 Å². The maximum absolute atomic E-state index is 5.86. The van der Waals surface area contributed by atoms with Gasteiger partial charge in [0.25, 0.3) is 0 Å². The molecule has 2 rings (SSSR count). The first-order valence-corrected chi connectivity index (χ1v) is 6.84. The summed E-state index contributed by atoms with van der Waals surface area (Å²) in [5, 5.41) is 3.70. The van der Waals surface area contributed by atoms with Crippen LogP contribution in [0.25, 0.3) is 0 Å². The van der Waals surface area contributed by atoms with Crippen LogP contribution in [0.5, 0.6) is 0 Å². The first-order valence-electron chi connectivity index (χ1n) is 6.84. The van der Waals surface area contributed by atoms with Crippen LogP contribution in [0.1, 0.15) is 39.0 Å². The molecule has 2 aliphatic heterocycles. The minimum Gasteiger partial charge on any atom is -0.381 e. The number of hydrogen-bond acceptors (Lipinski definition) is 3. The van der Waals surface area contributed by atoms with E-state index in [1.807, 2.05) is 0 Å². The predicted octanol–water partition coefficient (Wildman–Crippen LogP) is 1.96. The van der Waals surface area contributed by atoms with Crippen LogP contribution in [0, 0.1) is 5.92 Å². The summed E-state index contributed by atoms with van der Waals surface area (Å²) >= 11 is 0. The normalized spacial score (nSPS) is 29.4. The monoisotopic (exact) mass is 227 g/mol. The maximum atomic E-state index is 5.86. The Morgan fingerprint density at radius 1 is 1.19 bits per heavy atom. The fourth-order valence-corrected chi connectivity index (χ4v) is 2.87. The average Bonchev–Trinajstić information content (AvgIpc) is 2.85. The molecule has 2 unspecified atom stereocenters. The van der Waals surface area contributed by atoms with Gasteiger partial charge in [0.15, 0.2) is 0 Å². The van der Waals surface area contributed by atoms with E-state index < -0.39 is 0 Å². The van der Waals surface area contributed by atoms with Gasteiger partial charge < -0.3 is 14.8 Å². The van der Waals surface area contributed by atoms with E-state index in [4.69, 9.17) is 9.47 Å². The summed E-state index contributed by atoms with van der Waals surface area (Å²) in [6, 6.07) is 0.561. The summed E-state index contributed by atoms with van der Waals surface area (Å²) in [6.07, 6.45) is 6.51. The molecular formula is C13H25NO2. The van der Waals surface area contributed by atoms with Crippen LogP contribution in [0.2, 0.25) is 0 Å². The second-order valence-electron chi connectivity index (χ2n) is 4.98. The van der Waals surface area contributed by atoms with Gasteiger partial charge in [0, 0.05) is 25.9 Å². The van der Waals surface area contributed by atoms with E-state index in [2.05, 4.69) is 12.2 Å². The summed E-state index contributed by atoms with van der Waals surface area (Å²) in [5.74, 6) is 0.753. The van der Waals surface area contributed by atoms with E-state index in [-0.39, 0.29) is 0 Å². The van der Waals surface area contributed by atoms with Crippen molar-refractivity contribution in [3.05, 3.63) is 0 Å². The van der Waals surface area contributed by atoms with E-state index in [0.29, 0.717) is 12.1 Å². The van der Waals surface area contributed by atoms with Gasteiger partial charge in [-0.15, -0.1) is 0 Å². The Balaban J connectivity index is 1.89. The van der Waals surface area contributed by atoms with Gasteiger partial charge in [-0.2, -0.15) is 0 Å². The Hall–Kier alpha value is -0.120. The number of rotatable bonds is 5. The summed E-state index contributed by atoms with van der Waals surface area (Å²) in [6.45, 7) is 6.16. The van der Waals surface area contributed by atoms with Gasteiger partial charge in [0.1, 0.15) is 0 Å². The Morgan fingerprint density at radius 3 is 2.62 bits per heavy atom. The molecule has 2 heterocycles. The Labute approximate surface area is 98.9 Å². The molecule has 0 radical (unpaired) electrons. The standard InChI is InChI=1S/C13H25NO2/c1-2-7-14-13(12-4-3-8-16-12)11-5-9-15-10-6-11/h11-14H,2-10H2,1H3. The highest BCUT2D eigenvalue weighted by Gasteiger charge is 2.32. The lowest BCUT2D eigenvalue weighted by molar-refractivity contribution is 0.00979. The Morgan fingerprint density at radius 2 is 2.00 bits per heavy atom. The molecule has 0 aromatic rings. The zero-order valence-electron chi connectivity index (χ0n) is 10.4. The lowest BCUT2D eigenvalue weighted by Crippen LogP contribution is -2.47. The minimum absolute atomic E-state index is 0.453. The molecule has 0 bridgehead atoms. The van der Waals surface area contributed by atoms with Crippen molar-refractivity contribution in [2.45, 2.75) is 51.2 Å². The van der Waals surface area contributed by atoms with Crippen LogP contribution in [0.4, 0.5) is 0 Å². The highest BCUT2D eigenvalue weighted by atomic mass is 16.5. The number of hydrogen-bond donors (Lipinski definition) is 1. The summed E-state index contributed by atoms with van der Waals surface area (Å²) in [4.78, 5) is 0. The molecule has 94 valence electrons. The Bertz CT molecular complexity index is 186. The fraction of sp³-hybridized carbons (Fsp3) is 1.00. The molecular weight excluding hydrogens is 202 g/mol. The minimum atomic E-state index is 0.453. The first-order chi connectivity index (χ1) is 7.92. The highest BCUT2D eigenvalue weighted by Crippen LogP contribution is 2.26. The second kappa shape index (κ2) is 6.58. The molecule has 1 N–H and O–H groups in total. The van der Waals surface area contributed by atoms with E-state index in [0.717, 1.165) is 32.3 Å². The third-order valence-electron chi connectivity index (χ3n) is 3.77. The largest absolute Gasteiger partial charge is 0.381 e. The van der Waals surface area contributed by atoms with Crippen LogP contribution in [0.3, 0.4) is 0 Å². The van der Waals surface area contributed by atoms with Gasteiger partial charge in [-0.3, -0.25) is 0 Å². The smallest absolute Gasteiger partial charge is 0.0731 e. The zero-order valence-corrected chi connectivity index (χ0v) is 10.4. The lowest BCUT2D eigenvalue weighted by Gasteiger charge is -2.34. The van der Waals surface area contributed by atoms with E-state index >= 15 is 0 Å². The van der Waals surface area contributed by atoms with Crippen LogP contribution < -0.4 is 5.32 Å². The van der Waals surface area contributed by atoms with E-state index in [9.17, 15) is 0 Å².